The van der Waals surface area contributed by atoms with E-state index in [4.69, 9.17) is 17.0 Å². The van der Waals surface area contributed by atoms with Crippen LogP contribution in [0.2, 0.25) is 0 Å². The van der Waals surface area contributed by atoms with E-state index in [1.54, 1.807) is 0 Å². The number of benzene rings is 2. The highest BCUT2D eigenvalue weighted by molar-refractivity contribution is 7.80. The summed E-state index contributed by atoms with van der Waals surface area (Å²) in [5.41, 5.74) is 4.94. The first-order valence-electron chi connectivity index (χ1n) is 9.05. The third-order valence-electron chi connectivity index (χ3n) is 4.19. The minimum atomic E-state index is 0.671. The van der Waals surface area contributed by atoms with E-state index in [2.05, 4.69) is 48.7 Å². The Hall–Kier alpha value is -2.07. The second kappa shape index (κ2) is 10.0. The van der Waals surface area contributed by atoms with Gasteiger partial charge in [-0.15, -0.1) is 0 Å². The molecule has 0 aliphatic rings. The van der Waals surface area contributed by atoms with Crippen LogP contribution in [0.1, 0.15) is 37.5 Å². The van der Waals surface area contributed by atoms with Crippen molar-refractivity contribution >= 4 is 23.0 Å². The number of para-hydroxylation sites is 2. The van der Waals surface area contributed by atoms with Crippen molar-refractivity contribution in [3.63, 3.8) is 0 Å². The van der Waals surface area contributed by atoms with Crippen molar-refractivity contribution in [3.8, 4) is 5.75 Å². The van der Waals surface area contributed by atoms with Gasteiger partial charge in [-0.3, -0.25) is 0 Å². The Kier molecular flexibility index (Phi) is 7.74. The highest BCUT2D eigenvalue weighted by Crippen LogP contribution is 2.22. The molecule has 0 spiro atoms. The second-order valence-electron chi connectivity index (χ2n) is 5.83. The zero-order valence-electron chi connectivity index (χ0n) is 15.4. The second-order valence-corrected chi connectivity index (χ2v) is 6.24. The van der Waals surface area contributed by atoms with E-state index in [-0.39, 0.29) is 0 Å². The van der Waals surface area contributed by atoms with Crippen molar-refractivity contribution in [3.05, 3.63) is 59.2 Å². The largest absolute Gasteiger partial charge is 0.494 e. The minimum absolute atomic E-state index is 0.671. The topological polar surface area (TPSA) is 33.3 Å². The highest BCUT2D eigenvalue weighted by Gasteiger charge is 2.08. The molecular formula is C21H28N2OS. The maximum atomic E-state index is 5.67. The van der Waals surface area contributed by atoms with Gasteiger partial charge in [-0.25, -0.2) is 0 Å². The van der Waals surface area contributed by atoms with Crippen molar-refractivity contribution in [1.29, 1.82) is 0 Å². The summed E-state index contributed by atoms with van der Waals surface area (Å²) in [6, 6.07) is 14.6. The first kappa shape index (κ1) is 19.3. The molecule has 2 aromatic rings. The first-order valence-corrected chi connectivity index (χ1v) is 9.46. The molecule has 0 aromatic heterocycles. The maximum Gasteiger partial charge on any atom is 0.170 e. The average Bonchev–Trinajstić information content (AvgIpc) is 2.63. The zero-order chi connectivity index (χ0) is 18.1. The summed E-state index contributed by atoms with van der Waals surface area (Å²) >= 11 is 5.50. The lowest BCUT2D eigenvalue weighted by Gasteiger charge is -2.17. The van der Waals surface area contributed by atoms with Crippen LogP contribution in [0.25, 0.3) is 0 Å². The number of rotatable bonds is 8. The van der Waals surface area contributed by atoms with E-state index in [1.165, 1.54) is 16.7 Å². The molecule has 0 saturated heterocycles. The van der Waals surface area contributed by atoms with Gasteiger partial charge < -0.3 is 15.4 Å². The molecule has 2 rings (SSSR count). The lowest BCUT2D eigenvalue weighted by molar-refractivity contribution is 0.336. The molecular weight excluding hydrogens is 328 g/mol. The number of hydrogen-bond donors (Lipinski definition) is 2. The molecule has 0 aliphatic carbocycles. The van der Waals surface area contributed by atoms with E-state index >= 15 is 0 Å². The number of nitrogens with one attached hydrogen (secondary N) is 2. The summed E-state index contributed by atoms with van der Waals surface area (Å²) in [7, 11) is 0. The van der Waals surface area contributed by atoms with Crippen LogP contribution in [0.3, 0.4) is 0 Å². The van der Waals surface area contributed by atoms with Gasteiger partial charge >= 0.3 is 0 Å². The van der Waals surface area contributed by atoms with Gasteiger partial charge in [0.25, 0.3) is 0 Å². The Morgan fingerprint density at radius 2 is 1.56 bits per heavy atom. The van der Waals surface area contributed by atoms with Crippen LogP contribution in [-0.2, 0) is 19.3 Å². The summed E-state index contributed by atoms with van der Waals surface area (Å²) in [6.07, 6.45) is 2.84. The smallest absolute Gasteiger partial charge is 0.170 e. The fraction of sp³-hybridized carbons (Fsp3) is 0.381. The van der Waals surface area contributed by atoms with Crippen molar-refractivity contribution in [1.82, 2.24) is 5.32 Å². The molecule has 3 nitrogen and oxygen atoms in total. The molecule has 25 heavy (non-hydrogen) atoms. The van der Waals surface area contributed by atoms with Gasteiger partial charge in [0.15, 0.2) is 5.11 Å². The fourth-order valence-electron chi connectivity index (χ4n) is 2.88. The molecule has 2 aromatic carbocycles. The van der Waals surface area contributed by atoms with E-state index in [0.717, 1.165) is 37.2 Å². The van der Waals surface area contributed by atoms with Crippen LogP contribution >= 0.6 is 12.2 Å². The molecule has 134 valence electrons. The average molecular weight is 357 g/mol. The highest BCUT2D eigenvalue weighted by atomic mass is 32.1. The van der Waals surface area contributed by atoms with Gasteiger partial charge in [0, 0.05) is 12.2 Å². The van der Waals surface area contributed by atoms with Crippen molar-refractivity contribution in [2.75, 3.05) is 18.5 Å². The van der Waals surface area contributed by atoms with Gasteiger partial charge in [-0.05, 0) is 61.2 Å². The van der Waals surface area contributed by atoms with Crippen LogP contribution < -0.4 is 15.4 Å². The zero-order valence-corrected chi connectivity index (χ0v) is 16.2. The normalized spacial score (nSPS) is 10.4. The van der Waals surface area contributed by atoms with Crippen LogP contribution in [0.15, 0.2) is 42.5 Å². The molecule has 0 atom stereocenters. The molecule has 0 fully saturated rings. The Morgan fingerprint density at radius 1 is 0.920 bits per heavy atom. The number of thiocarbonyl (C=S) groups is 1. The SMILES string of the molecule is CCOc1ccccc1CCNC(=S)Nc1c(CC)cccc1CC. The third-order valence-corrected chi connectivity index (χ3v) is 4.44. The molecule has 0 heterocycles. The quantitative estimate of drug-likeness (QED) is 0.670. The predicted molar refractivity (Wildman–Crippen MR) is 111 cm³/mol. The molecule has 4 heteroatoms. The van der Waals surface area contributed by atoms with Crippen LogP contribution in [0, 0.1) is 0 Å². The predicted octanol–water partition coefficient (Wildman–Crippen LogP) is 4.74. The lowest BCUT2D eigenvalue weighted by atomic mass is 10.0. The Morgan fingerprint density at radius 3 is 2.20 bits per heavy atom. The molecule has 0 radical (unpaired) electrons. The van der Waals surface area contributed by atoms with Crippen LogP contribution in [-0.4, -0.2) is 18.3 Å². The van der Waals surface area contributed by atoms with Gasteiger partial charge in [0.1, 0.15) is 5.75 Å². The summed E-state index contributed by atoms with van der Waals surface area (Å²) in [4.78, 5) is 0. The van der Waals surface area contributed by atoms with Crippen molar-refractivity contribution < 1.29 is 4.74 Å². The molecule has 0 amide bonds. The number of aryl methyl sites for hydroxylation is 2. The fourth-order valence-corrected chi connectivity index (χ4v) is 3.08. The standard InChI is InChI=1S/C21H28N2OS/c1-4-16-11-9-12-17(5-2)20(16)23-21(25)22-15-14-18-10-7-8-13-19(18)24-6-3/h7-13H,4-6,14-15H2,1-3H3,(H2,22,23,25). The monoisotopic (exact) mass is 356 g/mol. The van der Waals surface area contributed by atoms with E-state index in [1.807, 2.05) is 25.1 Å². The number of ether oxygens (including phenoxy) is 1. The van der Waals surface area contributed by atoms with Crippen LogP contribution in [0.5, 0.6) is 5.75 Å². The summed E-state index contributed by atoms with van der Waals surface area (Å²) < 4.78 is 5.67. The molecule has 0 unspecified atom stereocenters. The third kappa shape index (κ3) is 5.46. The maximum absolute atomic E-state index is 5.67. The van der Waals surface area contributed by atoms with E-state index < -0.39 is 0 Å². The lowest BCUT2D eigenvalue weighted by Crippen LogP contribution is -2.31. The molecule has 2 N–H and O–H groups in total. The summed E-state index contributed by atoms with van der Waals surface area (Å²) in [6.45, 7) is 7.79. The van der Waals surface area contributed by atoms with Crippen molar-refractivity contribution in [2.45, 2.75) is 40.0 Å². The summed E-state index contributed by atoms with van der Waals surface area (Å²) in [5, 5.41) is 7.38. The molecule has 0 bridgehead atoms. The number of anilines is 1. The van der Waals surface area contributed by atoms with Gasteiger partial charge in [-0.2, -0.15) is 0 Å². The number of hydrogen-bond acceptors (Lipinski definition) is 2. The first-order chi connectivity index (χ1) is 12.2. The molecule has 0 aliphatic heterocycles. The van der Waals surface area contributed by atoms with Gasteiger partial charge in [-0.1, -0.05) is 50.2 Å². The minimum Gasteiger partial charge on any atom is -0.494 e. The Bertz CT molecular complexity index is 678. The Labute approximate surface area is 156 Å². The van der Waals surface area contributed by atoms with Crippen molar-refractivity contribution in [2.24, 2.45) is 0 Å². The molecule has 0 saturated carbocycles. The Balaban J connectivity index is 1.94. The van der Waals surface area contributed by atoms with Gasteiger partial charge in [0.05, 0.1) is 6.61 Å². The van der Waals surface area contributed by atoms with Gasteiger partial charge in [0.2, 0.25) is 0 Å². The van der Waals surface area contributed by atoms with Crippen LogP contribution in [0.4, 0.5) is 5.69 Å². The van der Waals surface area contributed by atoms with E-state index in [0.29, 0.717) is 11.7 Å². The summed E-state index contributed by atoms with van der Waals surface area (Å²) in [5.74, 6) is 0.954. The van der Waals surface area contributed by atoms with E-state index in [9.17, 15) is 0 Å².